The summed E-state index contributed by atoms with van der Waals surface area (Å²) in [5.41, 5.74) is 1.96. The first-order valence-corrected chi connectivity index (χ1v) is 14.7. The van der Waals surface area contributed by atoms with Gasteiger partial charge in [-0.3, -0.25) is 9.59 Å². The molecule has 5 rings (SSSR count). The molecule has 0 radical (unpaired) electrons. The Labute approximate surface area is 213 Å². The number of carbonyl (C=O) groups excluding carboxylic acids is 2. The molecule has 0 bridgehead atoms. The SMILES string of the molecule is CC(=O)C1=CC[C@@H]2[C@@H]3CC[C@H]4C[C@H](OC(=O)CCN5CCCC(C)(C)C5)CC[C@]4(C)[C@H]3CC[C@]12C. The van der Waals surface area contributed by atoms with Crippen LogP contribution in [0, 0.1) is 39.9 Å². The van der Waals surface area contributed by atoms with Gasteiger partial charge in [0.1, 0.15) is 6.10 Å². The van der Waals surface area contributed by atoms with Crippen LogP contribution in [0.2, 0.25) is 0 Å². The summed E-state index contributed by atoms with van der Waals surface area (Å²) in [6.45, 7) is 14.4. The first-order valence-electron chi connectivity index (χ1n) is 14.7. The van der Waals surface area contributed by atoms with Crippen molar-refractivity contribution in [3.8, 4) is 0 Å². The van der Waals surface area contributed by atoms with Gasteiger partial charge in [0, 0.05) is 13.1 Å². The molecule has 0 N–H and O–H groups in total. The fraction of sp³-hybridized carbons (Fsp3) is 0.871. The molecule has 0 spiro atoms. The van der Waals surface area contributed by atoms with Gasteiger partial charge in [-0.25, -0.2) is 0 Å². The van der Waals surface area contributed by atoms with Crippen molar-refractivity contribution in [3.05, 3.63) is 11.6 Å². The molecule has 1 aliphatic heterocycles. The number of fused-ring (bicyclic) bond motifs is 5. The summed E-state index contributed by atoms with van der Waals surface area (Å²) in [5.74, 6) is 3.13. The highest BCUT2D eigenvalue weighted by molar-refractivity contribution is 5.95. The van der Waals surface area contributed by atoms with Crippen molar-refractivity contribution in [2.75, 3.05) is 19.6 Å². The second-order valence-corrected chi connectivity index (χ2v) is 14.2. The standard InChI is InChI=1S/C31H49NO3/c1-21(33)25-9-10-26-24-8-7-22-19-23(11-15-30(22,4)27(24)12-16-31(25,26)5)35-28(34)13-18-32-17-6-14-29(2,3)20-32/h9,22-24,26-27H,6-8,10-20H2,1-5H3/t22-,23+,24-,26+,27-,30-,31+/m0/s1. The quantitative estimate of drug-likeness (QED) is 0.415. The topological polar surface area (TPSA) is 46.6 Å². The van der Waals surface area contributed by atoms with Crippen molar-refractivity contribution in [3.63, 3.8) is 0 Å². The summed E-state index contributed by atoms with van der Waals surface area (Å²) in [6.07, 6.45) is 14.8. The molecule has 0 aromatic heterocycles. The van der Waals surface area contributed by atoms with Crippen LogP contribution in [-0.2, 0) is 14.3 Å². The van der Waals surface area contributed by atoms with Gasteiger partial charge in [0.05, 0.1) is 6.42 Å². The van der Waals surface area contributed by atoms with Crippen molar-refractivity contribution < 1.29 is 14.3 Å². The molecule has 0 amide bonds. The van der Waals surface area contributed by atoms with Crippen LogP contribution < -0.4 is 0 Å². The second kappa shape index (κ2) is 9.30. The fourth-order valence-electron chi connectivity index (χ4n) is 9.67. The number of piperidine rings is 1. The summed E-state index contributed by atoms with van der Waals surface area (Å²) in [7, 11) is 0. The van der Waals surface area contributed by atoms with Gasteiger partial charge < -0.3 is 9.64 Å². The van der Waals surface area contributed by atoms with Gasteiger partial charge in [-0.05, 0) is 123 Å². The van der Waals surface area contributed by atoms with E-state index in [1.165, 1.54) is 38.5 Å². The van der Waals surface area contributed by atoms with Crippen molar-refractivity contribution in [2.24, 2.45) is 39.9 Å². The van der Waals surface area contributed by atoms with E-state index in [0.29, 0.717) is 34.9 Å². The molecule has 4 heteroatoms. The number of Topliss-reactive ketones (excluding diaryl/α,β-unsaturated/α-hetero) is 1. The maximum absolute atomic E-state index is 12.7. The Kier molecular flexibility index (Phi) is 6.77. The van der Waals surface area contributed by atoms with Gasteiger partial charge in [-0.2, -0.15) is 0 Å². The summed E-state index contributed by atoms with van der Waals surface area (Å²) < 4.78 is 6.08. The average molecular weight is 484 g/mol. The lowest BCUT2D eigenvalue weighted by Crippen LogP contribution is -2.54. The molecule has 7 atom stereocenters. The van der Waals surface area contributed by atoms with Gasteiger partial charge in [0.25, 0.3) is 0 Å². The number of likely N-dealkylation sites (tertiary alicyclic amines) is 1. The maximum atomic E-state index is 12.7. The van der Waals surface area contributed by atoms with Crippen LogP contribution in [0.1, 0.15) is 105 Å². The van der Waals surface area contributed by atoms with E-state index in [9.17, 15) is 9.59 Å². The van der Waals surface area contributed by atoms with Crippen LogP contribution in [0.5, 0.6) is 0 Å². The minimum Gasteiger partial charge on any atom is -0.462 e. The lowest BCUT2D eigenvalue weighted by molar-refractivity contribution is -0.161. The highest BCUT2D eigenvalue weighted by Gasteiger charge is 2.59. The molecule has 1 heterocycles. The minimum absolute atomic E-state index is 0.0119. The van der Waals surface area contributed by atoms with E-state index in [2.05, 4.69) is 38.7 Å². The van der Waals surface area contributed by atoms with Crippen LogP contribution in [-0.4, -0.2) is 42.4 Å². The molecule has 0 aromatic carbocycles. The number of esters is 1. The Bertz CT molecular complexity index is 876. The van der Waals surface area contributed by atoms with E-state index in [0.717, 1.165) is 62.7 Å². The summed E-state index contributed by atoms with van der Waals surface area (Å²) >= 11 is 0. The highest BCUT2D eigenvalue weighted by atomic mass is 16.5. The monoisotopic (exact) mass is 483 g/mol. The number of nitrogens with zero attached hydrogens (tertiary/aromatic N) is 1. The molecule has 4 nitrogen and oxygen atoms in total. The first kappa shape index (κ1) is 25.5. The number of hydrogen-bond acceptors (Lipinski definition) is 4. The number of allylic oxidation sites excluding steroid dienone is 2. The van der Waals surface area contributed by atoms with Crippen molar-refractivity contribution in [1.82, 2.24) is 4.90 Å². The smallest absolute Gasteiger partial charge is 0.307 e. The summed E-state index contributed by atoms with van der Waals surface area (Å²) in [4.78, 5) is 27.5. The minimum atomic E-state index is 0.0119. The zero-order valence-corrected chi connectivity index (χ0v) is 23.0. The van der Waals surface area contributed by atoms with Crippen LogP contribution in [0.15, 0.2) is 11.6 Å². The van der Waals surface area contributed by atoms with Crippen LogP contribution in [0.4, 0.5) is 0 Å². The molecule has 196 valence electrons. The molecule has 4 fully saturated rings. The fourth-order valence-corrected chi connectivity index (χ4v) is 9.67. The second-order valence-electron chi connectivity index (χ2n) is 14.2. The third-order valence-corrected chi connectivity index (χ3v) is 11.5. The van der Waals surface area contributed by atoms with Gasteiger partial charge in [-0.15, -0.1) is 0 Å². The molecule has 4 aliphatic carbocycles. The zero-order chi connectivity index (χ0) is 25.0. The number of hydrogen-bond donors (Lipinski definition) is 0. The van der Waals surface area contributed by atoms with Crippen molar-refractivity contribution in [1.29, 1.82) is 0 Å². The summed E-state index contributed by atoms with van der Waals surface area (Å²) in [5, 5.41) is 0. The largest absolute Gasteiger partial charge is 0.462 e. The summed E-state index contributed by atoms with van der Waals surface area (Å²) in [6, 6.07) is 0. The third-order valence-electron chi connectivity index (χ3n) is 11.5. The van der Waals surface area contributed by atoms with Crippen molar-refractivity contribution in [2.45, 2.75) is 111 Å². The molecule has 3 saturated carbocycles. The Morgan fingerprint density at radius 1 is 1.03 bits per heavy atom. The number of rotatable bonds is 5. The highest BCUT2D eigenvalue weighted by Crippen LogP contribution is 2.66. The third kappa shape index (κ3) is 4.66. The van der Waals surface area contributed by atoms with E-state index < -0.39 is 0 Å². The van der Waals surface area contributed by atoms with E-state index in [1.807, 2.05) is 0 Å². The van der Waals surface area contributed by atoms with E-state index in [4.69, 9.17) is 4.74 Å². The van der Waals surface area contributed by atoms with Crippen LogP contribution in [0.3, 0.4) is 0 Å². The maximum Gasteiger partial charge on any atom is 0.307 e. The average Bonchev–Trinajstić information content (AvgIpc) is 3.15. The molecule has 1 saturated heterocycles. The van der Waals surface area contributed by atoms with Gasteiger partial charge in [-0.1, -0.05) is 33.8 Å². The predicted octanol–water partition coefficient (Wildman–Crippen LogP) is 6.58. The normalized spacial score (nSPS) is 42.9. The Balaban J connectivity index is 1.16. The van der Waals surface area contributed by atoms with Crippen LogP contribution >= 0.6 is 0 Å². The molecular formula is C31H49NO3. The lowest BCUT2D eigenvalue weighted by atomic mass is 9.44. The van der Waals surface area contributed by atoms with E-state index in [1.54, 1.807) is 6.92 Å². The molecule has 0 unspecified atom stereocenters. The van der Waals surface area contributed by atoms with E-state index >= 15 is 0 Å². The van der Waals surface area contributed by atoms with Crippen molar-refractivity contribution >= 4 is 11.8 Å². The molecule has 0 aromatic rings. The Morgan fingerprint density at radius 3 is 2.57 bits per heavy atom. The molecular weight excluding hydrogens is 434 g/mol. The molecule has 35 heavy (non-hydrogen) atoms. The van der Waals surface area contributed by atoms with Gasteiger partial charge in [0.15, 0.2) is 5.78 Å². The van der Waals surface area contributed by atoms with E-state index in [-0.39, 0.29) is 17.5 Å². The van der Waals surface area contributed by atoms with Crippen LogP contribution in [0.25, 0.3) is 0 Å². The van der Waals surface area contributed by atoms with Gasteiger partial charge in [0.2, 0.25) is 0 Å². The molecule has 5 aliphatic rings. The zero-order valence-electron chi connectivity index (χ0n) is 23.0. The Hall–Kier alpha value is -1.16. The Morgan fingerprint density at radius 2 is 1.83 bits per heavy atom. The first-order chi connectivity index (χ1) is 16.5. The lowest BCUT2D eigenvalue weighted by Gasteiger charge is -2.60. The predicted molar refractivity (Wildman–Crippen MR) is 140 cm³/mol. The number of ketones is 1. The van der Waals surface area contributed by atoms with Gasteiger partial charge >= 0.3 is 5.97 Å². The number of carbonyl (C=O) groups is 2. The number of ether oxygens (including phenoxy) is 1.